The average molecular weight is 299 g/mol. The number of aryl methyl sites for hydroxylation is 3. The van der Waals surface area contributed by atoms with Gasteiger partial charge in [0, 0.05) is 5.69 Å². The molecule has 0 aliphatic heterocycles. The molecule has 4 heteroatoms. The first-order valence-corrected chi connectivity index (χ1v) is 7.14. The fourth-order valence-electron chi connectivity index (χ4n) is 2.10. The second-order valence-electron chi connectivity index (χ2n) is 5.27. The van der Waals surface area contributed by atoms with E-state index in [1.165, 1.54) is 5.56 Å². The van der Waals surface area contributed by atoms with Crippen LogP contribution in [0.25, 0.3) is 0 Å². The fraction of sp³-hybridized carbons (Fsp3) is 0.278. The van der Waals surface area contributed by atoms with Gasteiger partial charge in [-0.05, 0) is 67.8 Å². The van der Waals surface area contributed by atoms with E-state index in [2.05, 4.69) is 18.3 Å². The molecule has 0 radical (unpaired) electrons. The van der Waals surface area contributed by atoms with Crippen LogP contribution in [-0.4, -0.2) is 19.6 Å². The molecule has 2 rings (SSSR count). The molecule has 0 aromatic heterocycles. The molecule has 0 atom stereocenters. The summed E-state index contributed by atoms with van der Waals surface area (Å²) in [7, 11) is 1.60. The molecule has 0 spiro atoms. The summed E-state index contributed by atoms with van der Waals surface area (Å²) < 4.78 is 10.7. The third-order valence-electron chi connectivity index (χ3n) is 3.52. The summed E-state index contributed by atoms with van der Waals surface area (Å²) in [6.07, 6.45) is 0. The molecule has 1 N–H and O–H groups in total. The Labute approximate surface area is 131 Å². The summed E-state index contributed by atoms with van der Waals surface area (Å²) in [5.41, 5.74) is 4.11. The smallest absolute Gasteiger partial charge is 0.262 e. The fourth-order valence-corrected chi connectivity index (χ4v) is 2.10. The number of methoxy groups -OCH3 is 1. The van der Waals surface area contributed by atoms with E-state index in [-0.39, 0.29) is 12.5 Å². The second-order valence-corrected chi connectivity index (χ2v) is 5.27. The lowest BCUT2D eigenvalue weighted by atomic mass is 10.1. The maximum atomic E-state index is 11.9. The van der Waals surface area contributed by atoms with Crippen molar-refractivity contribution in [3.05, 3.63) is 53.1 Å². The van der Waals surface area contributed by atoms with E-state index in [1.54, 1.807) is 31.4 Å². The number of hydrogen-bond donors (Lipinski definition) is 1. The summed E-state index contributed by atoms with van der Waals surface area (Å²) in [5.74, 6) is 1.30. The van der Waals surface area contributed by atoms with Gasteiger partial charge in [0.1, 0.15) is 11.5 Å². The van der Waals surface area contributed by atoms with Gasteiger partial charge in [-0.3, -0.25) is 4.79 Å². The van der Waals surface area contributed by atoms with Crippen LogP contribution in [0.4, 0.5) is 5.69 Å². The molecule has 0 heterocycles. The molecule has 2 aromatic carbocycles. The van der Waals surface area contributed by atoms with E-state index < -0.39 is 0 Å². The maximum absolute atomic E-state index is 11.9. The van der Waals surface area contributed by atoms with Crippen LogP contribution in [0.1, 0.15) is 16.7 Å². The monoisotopic (exact) mass is 299 g/mol. The number of anilines is 1. The van der Waals surface area contributed by atoms with Crippen molar-refractivity contribution in [2.24, 2.45) is 0 Å². The van der Waals surface area contributed by atoms with Crippen LogP contribution in [0, 0.1) is 20.8 Å². The van der Waals surface area contributed by atoms with E-state index >= 15 is 0 Å². The zero-order valence-corrected chi connectivity index (χ0v) is 13.4. The largest absolute Gasteiger partial charge is 0.497 e. The van der Waals surface area contributed by atoms with Crippen LogP contribution in [0.2, 0.25) is 0 Å². The van der Waals surface area contributed by atoms with E-state index in [0.29, 0.717) is 5.69 Å². The van der Waals surface area contributed by atoms with Gasteiger partial charge in [0.15, 0.2) is 6.61 Å². The minimum atomic E-state index is -0.192. The van der Waals surface area contributed by atoms with Gasteiger partial charge in [-0.1, -0.05) is 6.07 Å². The average Bonchev–Trinajstić information content (AvgIpc) is 2.50. The third-order valence-corrected chi connectivity index (χ3v) is 3.52. The highest BCUT2D eigenvalue weighted by atomic mass is 16.5. The van der Waals surface area contributed by atoms with E-state index in [4.69, 9.17) is 9.47 Å². The second kappa shape index (κ2) is 6.98. The van der Waals surface area contributed by atoms with Gasteiger partial charge in [-0.15, -0.1) is 0 Å². The van der Waals surface area contributed by atoms with Crippen LogP contribution in [0.3, 0.4) is 0 Å². The molecule has 0 saturated carbocycles. The van der Waals surface area contributed by atoms with E-state index in [0.717, 1.165) is 22.6 Å². The van der Waals surface area contributed by atoms with Gasteiger partial charge >= 0.3 is 0 Å². The first kappa shape index (κ1) is 15.9. The molecule has 2 aromatic rings. The van der Waals surface area contributed by atoms with Crippen molar-refractivity contribution in [3.63, 3.8) is 0 Å². The van der Waals surface area contributed by atoms with Crippen LogP contribution < -0.4 is 14.8 Å². The van der Waals surface area contributed by atoms with Crippen LogP contribution in [0.15, 0.2) is 36.4 Å². The molecule has 0 bridgehead atoms. The Balaban J connectivity index is 1.93. The number of carbonyl (C=O) groups is 1. The Hall–Kier alpha value is -2.49. The molecule has 116 valence electrons. The summed E-state index contributed by atoms with van der Waals surface area (Å²) in [5, 5.41) is 2.79. The van der Waals surface area contributed by atoms with Gasteiger partial charge in [0.25, 0.3) is 5.91 Å². The van der Waals surface area contributed by atoms with Crippen LogP contribution >= 0.6 is 0 Å². The Bertz CT molecular complexity index is 663. The number of nitrogens with one attached hydrogen (secondary N) is 1. The number of hydrogen-bond acceptors (Lipinski definition) is 3. The predicted octanol–water partition coefficient (Wildman–Crippen LogP) is 3.64. The lowest BCUT2D eigenvalue weighted by Gasteiger charge is -2.12. The molecule has 0 aliphatic rings. The minimum Gasteiger partial charge on any atom is -0.497 e. The first-order valence-electron chi connectivity index (χ1n) is 7.14. The van der Waals surface area contributed by atoms with Crippen molar-refractivity contribution in [1.82, 2.24) is 0 Å². The molecule has 0 fully saturated rings. The van der Waals surface area contributed by atoms with Crippen molar-refractivity contribution in [3.8, 4) is 11.5 Å². The zero-order valence-electron chi connectivity index (χ0n) is 13.4. The highest BCUT2D eigenvalue weighted by Gasteiger charge is 2.07. The lowest BCUT2D eigenvalue weighted by molar-refractivity contribution is -0.118. The number of carbonyl (C=O) groups excluding carboxylic acids is 1. The summed E-state index contributed by atoms with van der Waals surface area (Å²) in [6.45, 7) is 6.04. The highest BCUT2D eigenvalue weighted by Crippen LogP contribution is 2.22. The lowest BCUT2D eigenvalue weighted by Crippen LogP contribution is -2.20. The molecular formula is C18H21NO3. The van der Waals surface area contributed by atoms with Crippen LogP contribution in [-0.2, 0) is 4.79 Å². The van der Waals surface area contributed by atoms with Crippen molar-refractivity contribution < 1.29 is 14.3 Å². The highest BCUT2D eigenvalue weighted by molar-refractivity contribution is 5.91. The van der Waals surface area contributed by atoms with Crippen molar-refractivity contribution >= 4 is 11.6 Å². The Morgan fingerprint density at radius 3 is 2.27 bits per heavy atom. The summed E-state index contributed by atoms with van der Waals surface area (Å²) in [4.78, 5) is 11.9. The van der Waals surface area contributed by atoms with Gasteiger partial charge in [-0.2, -0.15) is 0 Å². The summed E-state index contributed by atoms with van der Waals surface area (Å²) in [6, 6.07) is 11.2. The summed E-state index contributed by atoms with van der Waals surface area (Å²) >= 11 is 0. The van der Waals surface area contributed by atoms with Crippen LogP contribution in [0.5, 0.6) is 11.5 Å². The van der Waals surface area contributed by atoms with Gasteiger partial charge in [0.05, 0.1) is 7.11 Å². The van der Waals surface area contributed by atoms with Gasteiger partial charge in [0.2, 0.25) is 0 Å². The molecule has 0 aliphatic carbocycles. The number of rotatable bonds is 5. The molecule has 0 unspecified atom stereocenters. The minimum absolute atomic E-state index is 0.0185. The van der Waals surface area contributed by atoms with E-state index in [1.807, 2.05) is 19.9 Å². The SMILES string of the molecule is COc1ccc(NC(=O)COc2cc(C)c(C)cc2C)cc1. The molecule has 22 heavy (non-hydrogen) atoms. The van der Waals surface area contributed by atoms with Gasteiger partial charge < -0.3 is 14.8 Å². The first-order chi connectivity index (χ1) is 10.5. The molecule has 4 nitrogen and oxygen atoms in total. The van der Waals surface area contributed by atoms with Crippen molar-refractivity contribution in [1.29, 1.82) is 0 Å². The Morgan fingerprint density at radius 2 is 1.64 bits per heavy atom. The normalized spacial score (nSPS) is 10.2. The maximum Gasteiger partial charge on any atom is 0.262 e. The van der Waals surface area contributed by atoms with E-state index in [9.17, 15) is 4.79 Å². The third kappa shape index (κ3) is 4.01. The van der Waals surface area contributed by atoms with Crippen molar-refractivity contribution in [2.75, 3.05) is 19.0 Å². The Kier molecular flexibility index (Phi) is 5.04. The quantitative estimate of drug-likeness (QED) is 0.917. The van der Waals surface area contributed by atoms with Gasteiger partial charge in [-0.25, -0.2) is 0 Å². The zero-order chi connectivity index (χ0) is 16.1. The van der Waals surface area contributed by atoms with Crippen molar-refractivity contribution in [2.45, 2.75) is 20.8 Å². The Morgan fingerprint density at radius 1 is 1.00 bits per heavy atom. The number of amides is 1. The number of ether oxygens (including phenoxy) is 2. The predicted molar refractivity (Wildman–Crippen MR) is 87.8 cm³/mol. The molecule has 1 amide bonds. The molecule has 0 saturated heterocycles. The number of benzene rings is 2. The molecular weight excluding hydrogens is 278 g/mol. The standard InChI is InChI=1S/C18H21NO3/c1-12-9-14(3)17(10-13(12)2)22-11-18(20)19-15-5-7-16(21-4)8-6-15/h5-10H,11H2,1-4H3,(H,19,20). The topological polar surface area (TPSA) is 47.6 Å².